The van der Waals surface area contributed by atoms with Crippen LogP contribution in [0, 0.1) is 23.2 Å². The predicted molar refractivity (Wildman–Crippen MR) is 125 cm³/mol. The number of ether oxygens (including phenoxy) is 2. The first-order valence-corrected chi connectivity index (χ1v) is 12.8. The molecule has 1 aromatic carbocycles. The Bertz CT molecular complexity index is 862. The molecule has 6 fully saturated rings. The highest BCUT2D eigenvalue weighted by molar-refractivity contribution is 5.85. The summed E-state index contributed by atoms with van der Waals surface area (Å²) in [5, 5.41) is 8.66. The van der Waals surface area contributed by atoms with Crippen molar-refractivity contribution in [2.75, 3.05) is 20.8 Å². The molecule has 174 valence electrons. The standard InChI is InChI=1S/C27H38N2O3/c1-30-23-4-3-18(12-24(23)31-2)14-26-6-5-22(13-25(26)28-8-7-26)29-32-27-15-19-9-20(16-27)11-21(10-19)17-27/h3-4,12,19-21,25,28H,5-11,13-17H2,1-2H3/b29-22-/t19?,20?,21?,25-,26+,27?/m0/s1. The van der Waals surface area contributed by atoms with Crippen LogP contribution in [-0.2, 0) is 11.3 Å². The average molecular weight is 439 g/mol. The van der Waals surface area contributed by atoms with Crippen molar-refractivity contribution in [1.82, 2.24) is 5.32 Å². The van der Waals surface area contributed by atoms with Crippen molar-refractivity contribution in [3.05, 3.63) is 23.8 Å². The van der Waals surface area contributed by atoms with Crippen molar-refractivity contribution in [3.63, 3.8) is 0 Å². The molecule has 1 N–H and O–H groups in total. The van der Waals surface area contributed by atoms with E-state index in [-0.39, 0.29) is 5.60 Å². The molecule has 1 aromatic rings. The topological polar surface area (TPSA) is 52.1 Å². The molecule has 5 nitrogen and oxygen atoms in total. The van der Waals surface area contributed by atoms with Crippen molar-refractivity contribution < 1.29 is 14.3 Å². The van der Waals surface area contributed by atoms with E-state index in [1.807, 2.05) is 6.07 Å². The van der Waals surface area contributed by atoms with Gasteiger partial charge in [0.15, 0.2) is 11.5 Å². The zero-order chi connectivity index (χ0) is 21.8. The minimum atomic E-state index is 0.0685. The largest absolute Gasteiger partial charge is 0.493 e. The maximum Gasteiger partial charge on any atom is 0.160 e. The lowest BCUT2D eigenvalue weighted by Crippen LogP contribution is -2.51. The van der Waals surface area contributed by atoms with E-state index in [1.54, 1.807) is 14.2 Å². The van der Waals surface area contributed by atoms with Crippen LogP contribution in [0.25, 0.3) is 0 Å². The van der Waals surface area contributed by atoms with Gasteiger partial charge in [-0.25, -0.2) is 0 Å². The minimum Gasteiger partial charge on any atom is -0.493 e. The molecular formula is C27H38N2O3. The van der Waals surface area contributed by atoms with Gasteiger partial charge in [0.1, 0.15) is 5.60 Å². The second-order valence-corrected chi connectivity index (χ2v) is 11.5. The van der Waals surface area contributed by atoms with E-state index < -0.39 is 0 Å². The lowest BCUT2D eigenvalue weighted by Gasteiger charge is -2.54. The minimum absolute atomic E-state index is 0.0685. The number of oxime groups is 1. The van der Waals surface area contributed by atoms with Gasteiger partial charge in [-0.05, 0) is 112 Å². The van der Waals surface area contributed by atoms with Gasteiger partial charge in [0.2, 0.25) is 0 Å². The van der Waals surface area contributed by atoms with Crippen LogP contribution in [-0.4, -0.2) is 38.1 Å². The van der Waals surface area contributed by atoms with E-state index in [0.29, 0.717) is 11.5 Å². The van der Waals surface area contributed by atoms with E-state index >= 15 is 0 Å². The van der Waals surface area contributed by atoms with Crippen molar-refractivity contribution >= 4 is 5.71 Å². The van der Waals surface area contributed by atoms with Gasteiger partial charge >= 0.3 is 0 Å². The highest BCUT2D eigenvalue weighted by atomic mass is 16.6. The molecule has 0 radical (unpaired) electrons. The molecule has 5 saturated carbocycles. The van der Waals surface area contributed by atoms with Gasteiger partial charge in [0.05, 0.1) is 19.9 Å². The van der Waals surface area contributed by atoms with E-state index in [1.165, 1.54) is 62.6 Å². The van der Waals surface area contributed by atoms with Gasteiger partial charge in [-0.2, -0.15) is 0 Å². The third kappa shape index (κ3) is 3.61. The van der Waals surface area contributed by atoms with E-state index in [0.717, 1.165) is 55.1 Å². The molecule has 7 rings (SSSR count). The maximum atomic E-state index is 6.47. The van der Waals surface area contributed by atoms with Crippen LogP contribution in [0.15, 0.2) is 23.4 Å². The number of nitrogens with one attached hydrogen (secondary N) is 1. The second kappa shape index (κ2) is 7.93. The zero-order valence-electron chi connectivity index (χ0n) is 19.7. The fraction of sp³-hybridized carbons (Fsp3) is 0.741. The average Bonchev–Trinajstić information content (AvgIpc) is 3.19. The lowest BCUT2D eigenvalue weighted by atomic mass is 9.54. The molecule has 1 aliphatic heterocycles. The number of rotatable bonds is 6. The van der Waals surface area contributed by atoms with Gasteiger partial charge in [-0.15, -0.1) is 0 Å². The van der Waals surface area contributed by atoms with Crippen molar-refractivity contribution in [2.45, 2.75) is 82.3 Å². The Morgan fingerprint density at radius 1 is 0.969 bits per heavy atom. The molecule has 0 amide bonds. The maximum absolute atomic E-state index is 6.47. The summed E-state index contributed by atoms with van der Waals surface area (Å²) >= 11 is 0. The van der Waals surface area contributed by atoms with Crippen LogP contribution in [0.3, 0.4) is 0 Å². The summed E-state index contributed by atoms with van der Waals surface area (Å²) in [5.74, 6) is 4.33. The highest BCUT2D eigenvalue weighted by Gasteiger charge is 2.53. The molecule has 5 aliphatic carbocycles. The molecule has 2 atom stereocenters. The van der Waals surface area contributed by atoms with Gasteiger partial charge in [0.25, 0.3) is 0 Å². The summed E-state index contributed by atoms with van der Waals surface area (Å²) in [5.41, 5.74) is 2.99. The van der Waals surface area contributed by atoms with E-state index in [2.05, 4.69) is 17.4 Å². The molecular weight excluding hydrogens is 400 g/mol. The van der Waals surface area contributed by atoms with Crippen molar-refractivity contribution in [1.29, 1.82) is 0 Å². The van der Waals surface area contributed by atoms with E-state index in [4.69, 9.17) is 19.5 Å². The molecule has 0 aromatic heterocycles. The Hall–Kier alpha value is -1.75. The Morgan fingerprint density at radius 2 is 1.69 bits per heavy atom. The van der Waals surface area contributed by atoms with Crippen LogP contribution >= 0.6 is 0 Å². The Kier molecular flexibility index (Phi) is 5.16. The third-order valence-corrected chi connectivity index (χ3v) is 9.46. The fourth-order valence-electron chi connectivity index (χ4n) is 8.29. The quantitative estimate of drug-likeness (QED) is 0.627. The van der Waals surface area contributed by atoms with Crippen molar-refractivity contribution in [2.24, 2.45) is 28.3 Å². The van der Waals surface area contributed by atoms with Crippen LogP contribution in [0.1, 0.15) is 69.8 Å². The number of hydrogen-bond acceptors (Lipinski definition) is 5. The van der Waals surface area contributed by atoms with Crippen LogP contribution in [0.4, 0.5) is 0 Å². The normalized spacial score (nSPS) is 41.0. The lowest BCUT2D eigenvalue weighted by molar-refractivity contribution is -0.162. The first kappa shape index (κ1) is 20.8. The molecule has 32 heavy (non-hydrogen) atoms. The number of hydrogen-bond donors (Lipinski definition) is 1. The Balaban J connectivity index is 1.14. The molecule has 0 unspecified atom stereocenters. The second-order valence-electron chi connectivity index (χ2n) is 11.5. The SMILES string of the molecule is COc1ccc(C[C@@]23CCN[C@H]2C/C(=N\OC24CC5CC(CC(C5)C2)C4)CC3)cc1OC. The summed E-state index contributed by atoms with van der Waals surface area (Å²) < 4.78 is 11.0. The summed E-state index contributed by atoms with van der Waals surface area (Å²) in [7, 11) is 3.41. The first-order valence-electron chi connectivity index (χ1n) is 12.8. The van der Waals surface area contributed by atoms with Crippen LogP contribution < -0.4 is 14.8 Å². The number of methoxy groups -OCH3 is 2. The summed E-state index contributed by atoms with van der Waals surface area (Å²) in [6.45, 7) is 1.10. The predicted octanol–water partition coefficient (Wildman–Crippen LogP) is 5.12. The van der Waals surface area contributed by atoms with Crippen LogP contribution in [0.2, 0.25) is 0 Å². The van der Waals surface area contributed by atoms with Gasteiger partial charge in [-0.1, -0.05) is 11.2 Å². The zero-order valence-corrected chi connectivity index (χ0v) is 19.7. The monoisotopic (exact) mass is 438 g/mol. The summed E-state index contributed by atoms with van der Waals surface area (Å²) in [6, 6.07) is 6.88. The summed E-state index contributed by atoms with van der Waals surface area (Å²) in [4.78, 5) is 6.47. The smallest absolute Gasteiger partial charge is 0.160 e. The molecule has 1 heterocycles. The van der Waals surface area contributed by atoms with Gasteiger partial charge in [-0.3, -0.25) is 0 Å². The summed E-state index contributed by atoms with van der Waals surface area (Å²) in [6.07, 6.45) is 13.7. The molecule has 4 bridgehead atoms. The third-order valence-electron chi connectivity index (χ3n) is 9.46. The fourth-order valence-corrected chi connectivity index (χ4v) is 8.29. The first-order chi connectivity index (χ1) is 15.6. The molecule has 6 aliphatic rings. The van der Waals surface area contributed by atoms with Gasteiger partial charge in [0, 0.05) is 12.5 Å². The van der Waals surface area contributed by atoms with E-state index in [9.17, 15) is 0 Å². The van der Waals surface area contributed by atoms with Gasteiger partial charge < -0.3 is 19.6 Å². The molecule has 0 spiro atoms. The number of benzene rings is 1. The molecule has 5 heteroatoms. The number of fused-ring (bicyclic) bond motifs is 1. The number of nitrogens with zero attached hydrogens (tertiary/aromatic N) is 1. The highest BCUT2D eigenvalue weighted by Crippen LogP contribution is 2.57. The van der Waals surface area contributed by atoms with Crippen molar-refractivity contribution in [3.8, 4) is 11.5 Å². The Labute approximate surface area is 192 Å². The Morgan fingerprint density at radius 3 is 2.38 bits per heavy atom. The molecule has 1 saturated heterocycles. The van der Waals surface area contributed by atoms with Crippen LogP contribution in [0.5, 0.6) is 11.5 Å².